The zero-order valence-electron chi connectivity index (χ0n) is 13.0. The normalized spacial score (nSPS) is 15.5. The van der Waals surface area contributed by atoms with E-state index in [9.17, 15) is 4.79 Å². The van der Waals surface area contributed by atoms with Crippen LogP contribution >= 0.6 is 11.6 Å². The van der Waals surface area contributed by atoms with Crippen LogP contribution in [0, 0.1) is 0 Å². The molecular weight excluding hydrogens is 312 g/mol. The van der Waals surface area contributed by atoms with Gasteiger partial charge in [-0.2, -0.15) is 0 Å². The summed E-state index contributed by atoms with van der Waals surface area (Å²) < 4.78 is 0. The quantitative estimate of drug-likeness (QED) is 0.940. The minimum Gasteiger partial charge on any atom is -0.354 e. The summed E-state index contributed by atoms with van der Waals surface area (Å²) in [6, 6.07) is 10.8. The molecule has 0 bridgehead atoms. The van der Waals surface area contributed by atoms with Crippen LogP contribution in [-0.4, -0.2) is 49.0 Å². The molecule has 0 aliphatic carbocycles. The van der Waals surface area contributed by atoms with Crippen molar-refractivity contribution in [2.75, 3.05) is 43.4 Å². The summed E-state index contributed by atoms with van der Waals surface area (Å²) in [5, 5.41) is 3.26. The SMILES string of the molecule is CN1CCN(c2ccc(NC(=O)c3ccccc3Cl)cn2)CC1. The van der Waals surface area contributed by atoms with Crippen molar-refractivity contribution in [3.63, 3.8) is 0 Å². The Morgan fingerprint density at radius 3 is 2.52 bits per heavy atom. The van der Waals surface area contributed by atoms with E-state index in [0.717, 1.165) is 32.0 Å². The van der Waals surface area contributed by atoms with E-state index in [-0.39, 0.29) is 5.91 Å². The maximum absolute atomic E-state index is 12.2. The number of likely N-dealkylation sites (N-methyl/N-ethyl adjacent to an activating group) is 1. The number of carbonyl (C=O) groups is 1. The highest BCUT2D eigenvalue weighted by Crippen LogP contribution is 2.19. The Morgan fingerprint density at radius 2 is 1.87 bits per heavy atom. The molecule has 0 spiro atoms. The third-order valence-corrected chi connectivity index (χ3v) is 4.28. The topological polar surface area (TPSA) is 48.5 Å². The van der Waals surface area contributed by atoms with Crippen molar-refractivity contribution in [3.8, 4) is 0 Å². The van der Waals surface area contributed by atoms with Crippen molar-refractivity contribution in [3.05, 3.63) is 53.2 Å². The van der Waals surface area contributed by atoms with Crippen molar-refractivity contribution in [2.24, 2.45) is 0 Å². The molecule has 1 aromatic heterocycles. The number of benzene rings is 1. The first kappa shape index (κ1) is 15.8. The number of piperazine rings is 1. The molecule has 1 aliphatic heterocycles. The van der Waals surface area contributed by atoms with Gasteiger partial charge in [0.25, 0.3) is 5.91 Å². The lowest BCUT2D eigenvalue weighted by Gasteiger charge is -2.33. The van der Waals surface area contributed by atoms with Gasteiger partial charge in [-0.15, -0.1) is 0 Å². The van der Waals surface area contributed by atoms with E-state index < -0.39 is 0 Å². The Kier molecular flexibility index (Phi) is 4.79. The molecule has 120 valence electrons. The van der Waals surface area contributed by atoms with E-state index in [0.29, 0.717) is 16.3 Å². The average Bonchev–Trinajstić information content (AvgIpc) is 2.57. The average molecular weight is 331 g/mol. The van der Waals surface area contributed by atoms with E-state index in [1.807, 2.05) is 12.1 Å². The highest BCUT2D eigenvalue weighted by molar-refractivity contribution is 6.34. The second-order valence-corrected chi connectivity index (χ2v) is 6.04. The molecule has 2 heterocycles. The third kappa shape index (κ3) is 3.81. The van der Waals surface area contributed by atoms with Crippen LogP contribution in [0.2, 0.25) is 5.02 Å². The number of nitrogens with zero attached hydrogens (tertiary/aromatic N) is 3. The molecule has 0 atom stereocenters. The zero-order valence-corrected chi connectivity index (χ0v) is 13.8. The van der Waals surface area contributed by atoms with Gasteiger partial charge in [0.05, 0.1) is 22.5 Å². The van der Waals surface area contributed by atoms with Crippen molar-refractivity contribution in [1.82, 2.24) is 9.88 Å². The molecule has 3 rings (SSSR count). The summed E-state index contributed by atoms with van der Waals surface area (Å²) in [6.07, 6.45) is 1.68. The van der Waals surface area contributed by atoms with Crippen LogP contribution in [0.5, 0.6) is 0 Å². The largest absolute Gasteiger partial charge is 0.354 e. The molecule has 5 nitrogen and oxygen atoms in total. The summed E-state index contributed by atoms with van der Waals surface area (Å²) in [7, 11) is 2.12. The summed E-state index contributed by atoms with van der Waals surface area (Å²) in [5.74, 6) is 0.707. The number of carbonyl (C=O) groups excluding carboxylic acids is 1. The minimum absolute atomic E-state index is 0.232. The van der Waals surface area contributed by atoms with Crippen LogP contribution < -0.4 is 10.2 Å². The number of nitrogens with one attached hydrogen (secondary N) is 1. The molecule has 1 N–H and O–H groups in total. The minimum atomic E-state index is -0.232. The van der Waals surface area contributed by atoms with Gasteiger partial charge in [0.1, 0.15) is 5.82 Å². The van der Waals surface area contributed by atoms with Crippen molar-refractivity contribution >= 4 is 29.0 Å². The molecule has 0 saturated carbocycles. The van der Waals surface area contributed by atoms with Crippen molar-refractivity contribution < 1.29 is 4.79 Å². The fourth-order valence-electron chi connectivity index (χ4n) is 2.53. The highest BCUT2D eigenvalue weighted by Gasteiger charge is 2.15. The fourth-order valence-corrected chi connectivity index (χ4v) is 2.75. The van der Waals surface area contributed by atoms with Gasteiger partial charge in [-0.1, -0.05) is 23.7 Å². The van der Waals surface area contributed by atoms with Crippen LogP contribution in [0.4, 0.5) is 11.5 Å². The summed E-state index contributed by atoms with van der Waals surface area (Å²) in [6.45, 7) is 4.00. The highest BCUT2D eigenvalue weighted by atomic mass is 35.5. The number of pyridine rings is 1. The molecule has 1 saturated heterocycles. The van der Waals surface area contributed by atoms with E-state index in [1.165, 1.54) is 0 Å². The van der Waals surface area contributed by atoms with Gasteiger partial charge in [0, 0.05) is 26.2 Å². The number of aromatic nitrogens is 1. The Labute approximate surface area is 140 Å². The molecule has 6 heteroatoms. The molecular formula is C17H19ClN4O. The van der Waals surface area contributed by atoms with Crippen LogP contribution in [0.25, 0.3) is 0 Å². The van der Waals surface area contributed by atoms with E-state index in [4.69, 9.17) is 11.6 Å². The molecule has 1 fully saturated rings. The Balaban J connectivity index is 1.66. The molecule has 0 radical (unpaired) electrons. The van der Waals surface area contributed by atoms with Gasteiger partial charge in [-0.05, 0) is 31.3 Å². The molecule has 1 aliphatic rings. The predicted molar refractivity (Wildman–Crippen MR) is 93.4 cm³/mol. The molecule has 2 aromatic rings. The fraction of sp³-hybridized carbons (Fsp3) is 0.294. The maximum Gasteiger partial charge on any atom is 0.257 e. The first-order chi connectivity index (χ1) is 11.1. The lowest BCUT2D eigenvalue weighted by molar-refractivity contribution is 0.102. The Hall–Kier alpha value is -2.11. The van der Waals surface area contributed by atoms with Crippen LogP contribution in [0.3, 0.4) is 0 Å². The summed E-state index contributed by atoms with van der Waals surface area (Å²) >= 11 is 6.04. The van der Waals surface area contributed by atoms with Crippen molar-refractivity contribution in [1.29, 1.82) is 0 Å². The van der Waals surface area contributed by atoms with Gasteiger partial charge in [0.15, 0.2) is 0 Å². The molecule has 23 heavy (non-hydrogen) atoms. The first-order valence-electron chi connectivity index (χ1n) is 7.59. The van der Waals surface area contributed by atoms with Gasteiger partial charge in [-0.3, -0.25) is 4.79 Å². The second-order valence-electron chi connectivity index (χ2n) is 5.63. The van der Waals surface area contributed by atoms with Crippen LogP contribution in [-0.2, 0) is 0 Å². The number of amides is 1. The van der Waals surface area contributed by atoms with E-state index in [2.05, 4.69) is 27.1 Å². The monoisotopic (exact) mass is 330 g/mol. The zero-order chi connectivity index (χ0) is 16.2. The van der Waals surface area contributed by atoms with Gasteiger partial charge >= 0.3 is 0 Å². The first-order valence-corrected chi connectivity index (χ1v) is 7.97. The number of rotatable bonds is 3. The summed E-state index contributed by atoms with van der Waals surface area (Å²) in [4.78, 5) is 21.2. The van der Waals surface area contributed by atoms with Gasteiger partial charge in [-0.25, -0.2) is 4.98 Å². The molecule has 0 unspecified atom stereocenters. The molecule has 1 aromatic carbocycles. The predicted octanol–water partition coefficient (Wildman–Crippen LogP) is 2.74. The second kappa shape index (κ2) is 6.98. The number of halogens is 1. The number of hydrogen-bond donors (Lipinski definition) is 1. The van der Waals surface area contributed by atoms with Gasteiger partial charge < -0.3 is 15.1 Å². The standard InChI is InChI=1S/C17H19ClN4O/c1-21-8-10-22(11-9-21)16-7-6-13(12-19-16)20-17(23)14-4-2-3-5-15(14)18/h2-7,12H,8-11H2,1H3,(H,20,23). The smallest absolute Gasteiger partial charge is 0.257 e. The number of hydrogen-bond acceptors (Lipinski definition) is 4. The summed E-state index contributed by atoms with van der Waals surface area (Å²) in [5.41, 5.74) is 1.12. The lowest BCUT2D eigenvalue weighted by Crippen LogP contribution is -2.44. The Bertz CT molecular complexity index is 681. The van der Waals surface area contributed by atoms with Gasteiger partial charge in [0.2, 0.25) is 0 Å². The van der Waals surface area contributed by atoms with Crippen LogP contribution in [0.1, 0.15) is 10.4 Å². The van der Waals surface area contributed by atoms with E-state index >= 15 is 0 Å². The number of anilines is 2. The van der Waals surface area contributed by atoms with Crippen LogP contribution in [0.15, 0.2) is 42.6 Å². The Morgan fingerprint density at radius 1 is 1.13 bits per heavy atom. The molecule has 1 amide bonds. The lowest BCUT2D eigenvalue weighted by atomic mass is 10.2. The van der Waals surface area contributed by atoms with Crippen molar-refractivity contribution in [2.45, 2.75) is 0 Å². The van der Waals surface area contributed by atoms with E-state index in [1.54, 1.807) is 30.5 Å². The maximum atomic E-state index is 12.2. The third-order valence-electron chi connectivity index (χ3n) is 3.95.